The van der Waals surface area contributed by atoms with Crippen LogP contribution in [-0.2, 0) is 4.79 Å². The Bertz CT molecular complexity index is 1210. The van der Waals surface area contributed by atoms with E-state index in [2.05, 4.69) is 4.98 Å². The molecule has 0 radical (unpaired) electrons. The van der Waals surface area contributed by atoms with E-state index in [1.54, 1.807) is 49.4 Å². The lowest BCUT2D eigenvalue weighted by atomic mass is 10.1. The zero-order chi connectivity index (χ0) is 20.3. The van der Waals surface area contributed by atoms with Gasteiger partial charge in [0.1, 0.15) is 22.9 Å². The lowest BCUT2D eigenvalue weighted by molar-refractivity contribution is -0.114. The van der Waals surface area contributed by atoms with Crippen LogP contribution < -0.4 is 20.8 Å². The SMILES string of the molecule is COc1ccccc1Oc1nc2c(C)cccn2c(=O)c1/C=C(/C#N)C(N)=O. The minimum Gasteiger partial charge on any atom is -0.493 e. The third-order valence-electron chi connectivity index (χ3n) is 4.00. The first-order valence-corrected chi connectivity index (χ1v) is 8.20. The molecule has 0 aliphatic carbocycles. The molecule has 28 heavy (non-hydrogen) atoms. The third-order valence-corrected chi connectivity index (χ3v) is 4.00. The van der Waals surface area contributed by atoms with Gasteiger partial charge in [-0.1, -0.05) is 18.2 Å². The van der Waals surface area contributed by atoms with E-state index >= 15 is 0 Å². The van der Waals surface area contributed by atoms with E-state index in [9.17, 15) is 9.59 Å². The number of benzene rings is 1. The molecule has 140 valence electrons. The molecule has 2 N–H and O–H groups in total. The highest BCUT2D eigenvalue weighted by molar-refractivity contribution is 6.00. The molecule has 0 fully saturated rings. The summed E-state index contributed by atoms with van der Waals surface area (Å²) in [7, 11) is 1.48. The Balaban J connectivity index is 2.32. The molecule has 1 amide bonds. The Morgan fingerprint density at radius 2 is 1.96 bits per heavy atom. The summed E-state index contributed by atoms with van der Waals surface area (Å²) in [6, 6.07) is 12.0. The van der Waals surface area contributed by atoms with E-state index in [-0.39, 0.29) is 11.4 Å². The number of nitriles is 1. The smallest absolute Gasteiger partial charge is 0.269 e. The normalized spacial score (nSPS) is 11.1. The van der Waals surface area contributed by atoms with E-state index < -0.39 is 17.0 Å². The summed E-state index contributed by atoms with van der Waals surface area (Å²) in [5.74, 6) is -0.279. The summed E-state index contributed by atoms with van der Waals surface area (Å²) in [6.07, 6.45) is 2.62. The third kappa shape index (κ3) is 3.41. The Morgan fingerprint density at radius 3 is 2.61 bits per heavy atom. The fraction of sp³-hybridized carbons (Fsp3) is 0.100. The topological polar surface area (TPSA) is 120 Å². The van der Waals surface area contributed by atoms with Crippen molar-refractivity contribution >= 4 is 17.6 Å². The molecule has 3 rings (SSSR count). The van der Waals surface area contributed by atoms with Crippen LogP contribution in [0.2, 0.25) is 0 Å². The van der Waals surface area contributed by atoms with Crippen LogP contribution in [0.5, 0.6) is 17.4 Å². The monoisotopic (exact) mass is 376 g/mol. The maximum atomic E-state index is 13.0. The van der Waals surface area contributed by atoms with E-state index in [4.69, 9.17) is 20.5 Å². The molecule has 0 saturated carbocycles. The predicted molar refractivity (Wildman–Crippen MR) is 102 cm³/mol. The van der Waals surface area contributed by atoms with Gasteiger partial charge in [-0.05, 0) is 36.8 Å². The number of carbonyl (C=O) groups excluding carboxylic acids is 1. The molecule has 8 heteroatoms. The highest BCUT2D eigenvalue weighted by Gasteiger charge is 2.18. The van der Waals surface area contributed by atoms with Gasteiger partial charge < -0.3 is 15.2 Å². The summed E-state index contributed by atoms with van der Waals surface area (Å²) >= 11 is 0. The van der Waals surface area contributed by atoms with Gasteiger partial charge in [-0.25, -0.2) is 0 Å². The summed E-state index contributed by atoms with van der Waals surface area (Å²) in [5, 5.41) is 9.16. The number of nitrogens with zero attached hydrogens (tertiary/aromatic N) is 3. The number of amides is 1. The molecule has 0 bridgehead atoms. The number of hydrogen-bond acceptors (Lipinski definition) is 6. The Morgan fingerprint density at radius 1 is 1.25 bits per heavy atom. The molecule has 0 spiro atoms. The average Bonchev–Trinajstić information content (AvgIpc) is 2.69. The predicted octanol–water partition coefficient (Wildman–Crippen LogP) is 2.20. The first-order chi connectivity index (χ1) is 13.5. The van der Waals surface area contributed by atoms with E-state index in [0.29, 0.717) is 17.1 Å². The molecule has 0 unspecified atom stereocenters. The number of pyridine rings is 1. The van der Waals surface area contributed by atoms with Gasteiger partial charge >= 0.3 is 0 Å². The standard InChI is InChI=1S/C20H16N4O4/c1-12-6-5-9-24-18(12)23-19(28-16-8-4-3-7-15(16)27-2)14(20(24)26)10-13(11-21)17(22)25/h3-10H,1-2H3,(H2,22,25)/b13-10-. The van der Waals surface area contributed by atoms with Crippen LogP contribution in [0.4, 0.5) is 0 Å². The van der Waals surface area contributed by atoms with Crippen LogP contribution in [0, 0.1) is 18.3 Å². The van der Waals surface area contributed by atoms with Gasteiger partial charge in [-0.2, -0.15) is 10.2 Å². The number of hydrogen-bond donors (Lipinski definition) is 1. The Kier molecular flexibility index (Phi) is 5.09. The molecular formula is C20H16N4O4. The van der Waals surface area contributed by atoms with Crippen LogP contribution in [0.15, 0.2) is 53.0 Å². The van der Waals surface area contributed by atoms with Gasteiger partial charge in [-0.3, -0.25) is 14.0 Å². The molecule has 0 atom stereocenters. The lowest BCUT2D eigenvalue weighted by Gasteiger charge is -2.13. The number of ether oxygens (including phenoxy) is 2. The van der Waals surface area contributed by atoms with Gasteiger partial charge in [0.25, 0.3) is 11.5 Å². The largest absolute Gasteiger partial charge is 0.493 e. The van der Waals surface area contributed by atoms with Crippen LogP contribution >= 0.6 is 0 Å². The first-order valence-electron chi connectivity index (χ1n) is 8.20. The van der Waals surface area contributed by atoms with Gasteiger partial charge in [0, 0.05) is 6.20 Å². The van der Waals surface area contributed by atoms with Crippen molar-refractivity contribution in [2.24, 2.45) is 5.73 Å². The molecule has 1 aromatic carbocycles. The Labute approximate surface area is 160 Å². The highest BCUT2D eigenvalue weighted by Crippen LogP contribution is 2.32. The minimum absolute atomic E-state index is 0.0715. The maximum absolute atomic E-state index is 13.0. The lowest BCUT2D eigenvalue weighted by Crippen LogP contribution is -2.20. The first kappa shape index (κ1) is 18.7. The van der Waals surface area contributed by atoms with Crippen LogP contribution in [-0.4, -0.2) is 22.4 Å². The molecule has 0 saturated heterocycles. The van der Waals surface area contributed by atoms with Crippen molar-refractivity contribution < 1.29 is 14.3 Å². The fourth-order valence-corrected chi connectivity index (χ4v) is 2.60. The van der Waals surface area contributed by atoms with Gasteiger partial charge in [0.15, 0.2) is 11.5 Å². The summed E-state index contributed by atoms with van der Waals surface area (Å²) < 4.78 is 12.4. The number of rotatable bonds is 5. The number of aromatic nitrogens is 2. The number of nitrogens with two attached hydrogens (primary N) is 1. The molecule has 3 aromatic rings. The zero-order valence-electron chi connectivity index (χ0n) is 15.2. The summed E-state index contributed by atoms with van der Waals surface area (Å²) in [6.45, 7) is 1.80. The van der Waals surface area contributed by atoms with Crippen molar-refractivity contribution in [3.8, 4) is 23.4 Å². The van der Waals surface area contributed by atoms with Crippen molar-refractivity contribution in [2.45, 2.75) is 6.92 Å². The number of para-hydroxylation sites is 2. The van der Waals surface area contributed by atoms with Crippen LogP contribution in [0.1, 0.15) is 11.1 Å². The van der Waals surface area contributed by atoms with Crippen molar-refractivity contribution in [3.63, 3.8) is 0 Å². The highest BCUT2D eigenvalue weighted by atomic mass is 16.5. The molecule has 2 aromatic heterocycles. The molecular weight excluding hydrogens is 360 g/mol. The summed E-state index contributed by atoms with van der Waals surface area (Å²) in [4.78, 5) is 28.9. The molecule has 8 nitrogen and oxygen atoms in total. The number of methoxy groups -OCH3 is 1. The quantitative estimate of drug-likeness (QED) is 0.538. The molecule has 0 aliphatic heterocycles. The fourth-order valence-electron chi connectivity index (χ4n) is 2.60. The van der Waals surface area contributed by atoms with Gasteiger partial charge in [0.05, 0.1) is 7.11 Å². The average molecular weight is 376 g/mol. The molecule has 2 heterocycles. The van der Waals surface area contributed by atoms with E-state index in [1.165, 1.54) is 17.7 Å². The Hall–Kier alpha value is -4.12. The van der Waals surface area contributed by atoms with E-state index in [1.807, 2.05) is 0 Å². The number of aryl methyl sites for hydroxylation is 1. The number of carbonyl (C=O) groups is 1. The van der Waals surface area contributed by atoms with Crippen LogP contribution in [0.3, 0.4) is 0 Å². The van der Waals surface area contributed by atoms with Crippen molar-refractivity contribution in [3.05, 3.63) is 69.6 Å². The van der Waals surface area contributed by atoms with Crippen molar-refractivity contribution in [1.29, 1.82) is 5.26 Å². The second-order valence-electron chi connectivity index (χ2n) is 5.81. The van der Waals surface area contributed by atoms with Gasteiger partial charge in [0.2, 0.25) is 5.88 Å². The number of primary amides is 1. The second-order valence-corrected chi connectivity index (χ2v) is 5.81. The van der Waals surface area contributed by atoms with Crippen molar-refractivity contribution in [1.82, 2.24) is 9.38 Å². The summed E-state index contributed by atoms with van der Waals surface area (Å²) in [5.41, 5.74) is 5.36. The minimum atomic E-state index is -0.959. The van der Waals surface area contributed by atoms with Crippen LogP contribution in [0.25, 0.3) is 11.7 Å². The number of fused-ring (bicyclic) bond motifs is 1. The van der Waals surface area contributed by atoms with Gasteiger partial charge in [-0.15, -0.1) is 0 Å². The van der Waals surface area contributed by atoms with E-state index in [0.717, 1.165) is 11.6 Å². The molecule has 0 aliphatic rings. The maximum Gasteiger partial charge on any atom is 0.269 e. The second kappa shape index (κ2) is 7.63. The zero-order valence-corrected chi connectivity index (χ0v) is 15.2. The van der Waals surface area contributed by atoms with Crippen molar-refractivity contribution in [2.75, 3.05) is 7.11 Å².